The Morgan fingerprint density at radius 3 is 2.43 bits per heavy atom. The molecule has 0 aliphatic heterocycles. The molecule has 21 heavy (non-hydrogen) atoms. The standard InChI is InChI=1S/C14H13N2O3.BrH.H2O/c1-11-5-6-12(9-13(11)16(18)19)14(17)10-15-7-3-2-4-8-15;;/h2-9H,10H2,1H3;1H;1H2/q+1;;. The zero-order valence-corrected chi connectivity index (χ0v) is 13.1. The van der Waals surface area contributed by atoms with Crippen LogP contribution in [0.2, 0.25) is 0 Å². The van der Waals surface area contributed by atoms with E-state index in [0.29, 0.717) is 11.1 Å². The van der Waals surface area contributed by atoms with Crippen LogP contribution in [0.3, 0.4) is 0 Å². The van der Waals surface area contributed by atoms with E-state index >= 15 is 0 Å². The third-order valence-electron chi connectivity index (χ3n) is 2.83. The summed E-state index contributed by atoms with van der Waals surface area (Å²) >= 11 is 0. The first kappa shape index (κ1) is 18.9. The van der Waals surface area contributed by atoms with Crippen LogP contribution in [0.4, 0.5) is 5.69 Å². The van der Waals surface area contributed by atoms with Gasteiger partial charge in [0.05, 0.1) is 4.92 Å². The molecule has 0 radical (unpaired) electrons. The Hall–Kier alpha value is -2.12. The molecule has 2 N–H and O–H groups in total. The van der Waals surface area contributed by atoms with Crippen molar-refractivity contribution in [1.29, 1.82) is 0 Å². The number of nitro benzene ring substituents is 1. The predicted octanol–water partition coefficient (Wildman–Crippen LogP) is 1.83. The molecule has 0 aliphatic carbocycles. The number of hydrogen-bond acceptors (Lipinski definition) is 3. The van der Waals surface area contributed by atoms with Crippen molar-refractivity contribution in [2.24, 2.45) is 0 Å². The number of nitro groups is 1. The number of carbonyl (C=O) groups is 1. The quantitative estimate of drug-likeness (QED) is 0.362. The molecule has 6 nitrogen and oxygen atoms in total. The van der Waals surface area contributed by atoms with Gasteiger partial charge in [-0.3, -0.25) is 14.9 Å². The molecular weight excluding hydrogens is 340 g/mol. The van der Waals surface area contributed by atoms with E-state index in [1.807, 2.05) is 18.2 Å². The molecule has 1 heterocycles. The molecule has 0 fully saturated rings. The third kappa shape index (κ3) is 4.73. The molecule has 1 aromatic heterocycles. The average Bonchev–Trinajstić information content (AvgIpc) is 2.40. The second-order valence-corrected chi connectivity index (χ2v) is 4.23. The molecule has 0 saturated heterocycles. The fraction of sp³-hybridized carbons (Fsp3) is 0.143. The van der Waals surface area contributed by atoms with Crippen molar-refractivity contribution in [2.75, 3.05) is 0 Å². The number of benzene rings is 1. The summed E-state index contributed by atoms with van der Waals surface area (Å²) < 4.78 is 1.73. The largest absolute Gasteiger partial charge is 0.412 e. The van der Waals surface area contributed by atoms with Crippen molar-refractivity contribution < 1.29 is 19.8 Å². The lowest BCUT2D eigenvalue weighted by molar-refractivity contribution is -0.683. The lowest BCUT2D eigenvalue weighted by Gasteiger charge is -2.01. The van der Waals surface area contributed by atoms with Gasteiger partial charge in [-0.15, -0.1) is 17.0 Å². The maximum atomic E-state index is 12.1. The molecule has 0 spiro atoms. The molecule has 0 unspecified atom stereocenters. The first-order chi connectivity index (χ1) is 9.08. The van der Waals surface area contributed by atoms with Crippen LogP contribution in [0.5, 0.6) is 0 Å². The van der Waals surface area contributed by atoms with Crippen LogP contribution in [-0.4, -0.2) is 16.2 Å². The smallest absolute Gasteiger partial charge is 0.273 e. The summed E-state index contributed by atoms with van der Waals surface area (Å²) in [5.74, 6) is -0.153. The van der Waals surface area contributed by atoms with Gasteiger partial charge in [-0.2, -0.15) is 4.57 Å². The number of pyridine rings is 1. The number of rotatable bonds is 4. The molecule has 2 rings (SSSR count). The van der Waals surface area contributed by atoms with Crippen LogP contribution < -0.4 is 4.57 Å². The van der Waals surface area contributed by atoms with Crippen LogP contribution in [0, 0.1) is 17.0 Å². The summed E-state index contributed by atoms with van der Waals surface area (Å²) in [5, 5.41) is 10.8. The normalized spacial score (nSPS) is 9.19. The molecule has 2 aromatic rings. The molecular formula is C14H16BrN2O4+. The van der Waals surface area contributed by atoms with E-state index in [2.05, 4.69) is 0 Å². The van der Waals surface area contributed by atoms with Crippen molar-refractivity contribution in [3.8, 4) is 0 Å². The Kier molecular flexibility index (Phi) is 7.40. The number of hydrogen-bond donors (Lipinski definition) is 0. The van der Waals surface area contributed by atoms with Crippen LogP contribution in [0.1, 0.15) is 15.9 Å². The number of ketones is 1. The third-order valence-corrected chi connectivity index (χ3v) is 2.83. The summed E-state index contributed by atoms with van der Waals surface area (Å²) in [6.45, 7) is 1.82. The van der Waals surface area contributed by atoms with Crippen molar-refractivity contribution in [3.63, 3.8) is 0 Å². The summed E-state index contributed by atoms with van der Waals surface area (Å²) in [5.41, 5.74) is 0.881. The van der Waals surface area contributed by atoms with Crippen molar-refractivity contribution >= 4 is 28.5 Å². The van der Waals surface area contributed by atoms with Gasteiger partial charge in [0, 0.05) is 29.3 Å². The number of aromatic nitrogens is 1. The highest BCUT2D eigenvalue weighted by Gasteiger charge is 2.17. The van der Waals surface area contributed by atoms with Gasteiger partial charge in [-0.25, -0.2) is 0 Å². The summed E-state index contributed by atoms with van der Waals surface area (Å²) in [6, 6.07) is 10.1. The van der Waals surface area contributed by atoms with E-state index in [-0.39, 0.29) is 40.5 Å². The highest BCUT2D eigenvalue weighted by atomic mass is 79.9. The topological polar surface area (TPSA) is 95.6 Å². The van der Waals surface area contributed by atoms with Gasteiger partial charge >= 0.3 is 0 Å². The average molecular weight is 356 g/mol. The zero-order valence-electron chi connectivity index (χ0n) is 11.4. The van der Waals surface area contributed by atoms with Crippen LogP contribution in [0.15, 0.2) is 48.8 Å². The molecule has 0 aliphatic rings. The van der Waals surface area contributed by atoms with E-state index < -0.39 is 4.92 Å². The monoisotopic (exact) mass is 355 g/mol. The summed E-state index contributed by atoms with van der Waals surface area (Å²) in [7, 11) is 0. The number of aryl methyl sites for hydroxylation is 1. The Bertz CT molecular complexity index is 632. The number of Topliss-reactive ketones (excluding diaryl/α,β-unsaturated/α-hetero) is 1. The van der Waals surface area contributed by atoms with E-state index in [1.165, 1.54) is 6.07 Å². The minimum atomic E-state index is -0.470. The SMILES string of the molecule is Br.Cc1ccc(C(=O)C[n+]2ccccc2)cc1[N+](=O)[O-].O. The van der Waals surface area contributed by atoms with Gasteiger partial charge in [0.2, 0.25) is 12.3 Å². The number of halogens is 1. The number of nitrogens with zero attached hydrogens (tertiary/aromatic N) is 2. The van der Waals surface area contributed by atoms with Gasteiger partial charge in [0.15, 0.2) is 12.4 Å². The van der Waals surface area contributed by atoms with Gasteiger partial charge in [-0.05, 0) is 6.92 Å². The van der Waals surface area contributed by atoms with Crippen LogP contribution in [-0.2, 0) is 6.54 Å². The number of carbonyl (C=O) groups excluding carboxylic acids is 1. The minimum absolute atomic E-state index is 0. The van der Waals surface area contributed by atoms with Crippen molar-refractivity contribution in [3.05, 3.63) is 70.0 Å². The minimum Gasteiger partial charge on any atom is -0.412 e. The second kappa shape index (κ2) is 8.23. The van der Waals surface area contributed by atoms with Crippen LogP contribution >= 0.6 is 17.0 Å². The first-order valence-corrected chi connectivity index (χ1v) is 5.80. The van der Waals surface area contributed by atoms with E-state index in [1.54, 1.807) is 36.0 Å². The lowest BCUT2D eigenvalue weighted by atomic mass is 10.1. The molecule has 7 heteroatoms. The maximum Gasteiger partial charge on any atom is 0.273 e. The fourth-order valence-corrected chi connectivity index (χ4v) is 1.78. The van der Waals surface area contributed by atoms with E-state index in [0.717, 1.165) is 0 Å². The second-order valence-electron chi connectivity index (χ2n) is 4.23. The summed E-state index contributed by atoms with van der Waals surface area (Å²) in [4.78, 5) is 22.4. The molecule has 112 valence electrons. The Morgan fingerprint density at radius 2 is 1.86 bits per heavy atom. The van der Waals surface area contributed by atoms with E-state index in [4.69, 9.17) is 0 Å². The van der Waals surface area contributed by atoms with Crippen molar-refractivity contribution in [2.45, 2.75) is 13.5 Å². The summed E-state index contributed by atoms with van der Waals surface area (Å²) in [6.07, 6.45) is 3.56. The highest BCUT2D eigenvalue weighted by molar-refractivity contribution is 8.93. The highest BCUT2D eigenvalue weighted by Crippen LogP contribution is 2.19. The molecule has 1 aromatic carbocycles. The van der Waals surface area contributed by atoms with Gasteiger partial charge < -0.3 is 5.48 Å². The maximum absolute atomic E-state index is 12.1. The van der Waals surface area contributed by atoms with Crippen LogP contribution in [0.25, 0.3) is 0 Å². The first-order valence-electron chi connectivity index (χ1n) is 5.80. The molecule has 0 amide bonds. The molecule has 0 atom stereocenters. The zero-order chi connectivity index (χ0) is 13.8. The predicted molar refractivity (Wildman–Crippen MR) is 82.7 cm³/mol. The van der Waals surface area contributed by atoms with Gasteiger partial charge in [-0.1, -0.05) is 18.2 Å². The Morgan fingerprint density at radius 1 is 1.24 bits per heavy atom. The van der Waals surface area contributed by atoms with Gasteiger partial charge in [0.1, 0.15) is 0 Å². The molecule has 0 bridgehead atoms. The van der Waals surface area contributed by atoms with Crippen molar-refractivity contribution in [1.82, 2.24) is 0 Å². The fourth-order valence-electron chi connectivity index (χ4n) is 1.78. The Labute approximate surface area is 132 Å². The lowest BCUT2D eigenvalue weighted by Crippen LogP contribution is -2.36. The Balaban J connectivity index is 0.00000200. The van der Waals surface area contributed by atoms with E-state index in [9.17, 15) is 14.9 Å². The molecule has 0 saturated carbocycles. The van der Waals surface area contributed by atoms with Gasteiger partial charge in [0.25, 0.3) is 5.69 Å².